The molecule has 0 atom stereocenters. The molecule has 5 saturated carbocycles. The molecule has 0 aromatic rings. The molecule has 2 heteroatoms. The average molecular weight is 616 g/mol. The Kier molecular flexibility index (Phi) is 32.0. The van der Waals surface area contributed by atoms with Crippen LogP contribution in [0.15, 0.2) is 0 Å². The van der Waals surface area contributed by atoms with Crippen molar-refractivity contribution >= 4 is 5.97 Å². The molecule has 2 nitrogen and oxygen atoms in total. The van der Waals surface area contributed by atoms with Crippen LogP contribution in [0.2, 0.25) is 0 Å². The van der Waals surface area contributed by atoms with Gasteiger partial charge in [-0.1, -0.05) is 227 Å². The van der Waals surface area contributed by atoms with Gasteiger partial charge in [-0.3, -0.25) is 4.79 Å². The second kappa shape index (κ2) is 32.4. The summed E-state index contributed by atoms with van der Waals surface area (Å²) in [5.41, 5.74) is 0. The fraction of sp³-hybridized carbons (Fsp3) is 0.857. The Morgan fingerprint density at radius 3 is 0.568 bits per heavy atom. The first-order valence-electron chi connectivity index (χ1n) is 19.6. The molecule has 0 aromatic carbocycles. The van der Waals surface area contributed by atoms with E-state index in [0.29, 0.717) is 0 Å². The lowest BCUT2D eigenvalue weighted by Gasteiger charge is -2.18. The van der Waals surface area contributed by atoms with Crippen LogP contribution in [0.4, 0.5) is 0 Å². The lowest BCUT2D eigenvalue weighted by atomic mass is 9.88. The summed E-state index contributed by atoms with van der Waals surface area (Å²) in [6, 6.07) is 0. The molecule has 259 valence electrons. The molecule has 44 heavy (non-hydrogen) atoms. The molecular weight excluding hydrogens is 536 g/mol. The minimum Gasteiger partial charge on any atom is -0.481 e. The summed E-state index contributed by atoms with van der Waals surface area (Å²) in [6.45, 7) is 20.6. The van der Waals surface area contributed by atoms with E-state index in [2.05, 4.69) is 34.6 Å². The average Bonchev–Trinajstić information content (AvgIpc) is 3.11. The quantitative estimate of drug-likeness (QED) is 0.334. The van der Waals surface area contributed by atoms with Gasteiger partial charge in [0.05, 0.1) is 0 Å². The summed E-state index contributed by atoms with van der Waals surface area (Å²) < 4.78 is 0. The predicted molar refractivity (Wildman–Crippen MR) is 196 cm³/mol. The summed E-state index contributed by atoms with van der Waals surface area (Å²) in [6.07, 6.45) is 42.2. The monoisotopic (exact) mass is 616 g/mol. The molecule has 5 aliphatic carbocycles. The topological polar surface area (TPSA) is 37.3 Å². The van der Waals surface area contributed by atoms with E-state index in [9.17, 15) is 0 Å². The fourth-order valence-electron chi connectivity index (χ4n) is 7.38. The first kappa shape index (κ1) is 43.5. The van der Waals surface area contributed by atoms with Gasteiger partial charge in [-0.2, -0.15) is 0 Å². The van der Waals surface area contributed by atoms with Crippen molar-refractivity contribution in [3.8, 4) is 0 Å². The van der Waals surface area contributed by atoms with Crippen molar-refractivity contribution in [1.82, 2.24) is 0 Å². The molecule has 0 aromatic heterocycles. The van der Waals surface area contributed by atoms with Crippen LogP contribution in [0, 0.1) is 64.2 Å². The van der Waals surface area contributed by atoms with Gasteiger partial charge in [-0.25, -0.2) is 0 Å². The standard InChI is InChI=1S/5C8H15.C2H4O2/c5*1-2-8-6-4-3-5-7-8;1-2(3)4/h5*8H,1-7H2;1H3,(H,3,4). The largest absolute Gasteiger partial charge is 0.481 e. The molecular formula is C42H79O2. The zero-order valence-electron chi connectivity index (χ0n) is 30.0. The van der Waals surface area contributed by atoms with Crippen LogP contribution < -0.4 is 0 Å². The third kappa shape index (κ3) is 27.8. The van der Waals surface area contributed by atoms with Gasteiger partial charge in [0.1, 0.15) is 0 Å². The van der Waals surface area contributed by atoms with Crippen molar-refractivity contribution in [2.45, 2.75) is 200 Å². The van der Waals surface area contributed by atoms with Gasteiger partial charge >= 0.3 is 0 Å². The summed E-state index contributed by atoms with van der Waals surface area (Å²) in [4.78, 5) is 9.00. The van der Waals surface area contributed by atoms with E-state index < -0.39 is 5.97 Å². The summed E-state index contributed by atoms with van der Waals surface area (Å²) in [7, 11) is 0. The normalized spacial score (nSPS) is 22.0. The van der Waals surface area contributed by atoms with Crippen molar-refractivity contribution in [1.29, 1.82) is 0 Å². The second-order valence-electron chi connectivity index (χ2n) is 14.5. The maximum atomic E-state index is 9.00. The lowest BCUT2D eigenvalue weighted by Crippen LogP contribution is -2.03. The van der Waals surface area contributed by atoms with Crippen LogP contribution >= 0.6 is 0 Å². The number of carboxylic acid groups (broad SMARTS) is 1. The van der Waals surface area contributed by atoms with Crippen molar-refractivity contribution < 1.29 is 9.90 Å². The van der Waals surface area contributed by atoms with E-state index in [1.807, 2.05) is 0 Å². The van der Waals surface area contributed by atoms with Crippen LogP contribution in [0.5, 0.6) is 0 Å². The van der Waals surface area contributed by atoms with Crippen molar-refractivity contribution in [3.63, 3.8) is 0 Å². The second-order valence-corrected chi connectivity index (χ2v) is 14.5. The van der Waals surface area contributed by atoms with Gasteiger partial charge in [0.2, 0.25) is 0 Å². The zero-order valence-corrected chi connectivity index (χ0v) is 30.0. The van der Waals surface area contributed by atoms with Crippen LogP contribution in [0.1, 0.15) is 200 Å². The molecule has 0 unspecified atom stereocenters. The van der Waals surface area contributed by atoms with E-state index in [-0.39, 0.29) is 0 Å². The van der Waals surface area contributed by atoms with Gasteiger partial charge in [-0.15, -0.1) is 0 Å². The molecule has 5 rings (SSSR count). The maximum absolute atomic E-state index is 9.00. The third-order valence-corrected chi connectivity index (χ3v) is 10.7. The van der Waals surface area contributed by atoms with E-state index in [1.54, 1.807) is 0 Å². The van der Waals surface area contributed by atoms with Crippen LogP contribution in [0.3, 0.4) is 0 Å². The Hall–Kier alpha value is -0.530. The summed E-state index contributed by atoms with van der Waals surface area (Å²) >= 11 is 0. The highest BCUT2D eigenvalue weighted by Gasteiger charge is 2.12. The van der Waals surface area contributed by atoms with Crippen molar-refractivity contribution in [2.24, 2.45) is 29.6 Å². The highest BCUT2D eigenvalue weighted by atomic mass is 16.4. The van der Waals surface area contributed by atoms with Crippen LogP contribution in [-0.2, 0) is 4.79 Å². The van der Waals surface area contributed by atoms with Gasteiger partial charge in [0.25, 0.3) is 5.97 Å². The minimum atomic E-state index is -0.833. The van der Waals surface area contributed by atoms with E-state index in [1.165, 1.54) is 193 Å². The lowest BCUT2D eigenvalue weighted by molar-refractivity contribution is -0.134. The molecule has 0 aliphatic heterocycles. The number of hydrogen-bond donors (Lipinski definition) is 1. The Morgan fingerprint density at radius 2 is 0.500 bits per heavy atom. The smallest absolute Gasteiger partial charge is 0.300 e. The van der Waals surface area contributed by atoms with Crippen molar-refractivity contribution in [2.75, 3.05) is 0 Å². The van der Waals surface area contributed by atoms with Gasteiger partial charge in [0, 0.05) is 6.92 Å². The molecule has 5 radical (unpaired) electrons. The first-order chi connectivity index (χ1) is 21.4. The Morgan fingerprint density at radius 1 is 0.386 bits per heavy atom. The molecule has 1 N–H and O–H groups in total. The number of carbonyl (C=O) groups is 1. The number of rotatable bonds is 5. The van der Waals surface area contributed by atoms with Gasteiger partial charge in [-0.05, 0) is 29.6 Å². The van der Waals surface area contributed by atoms with Crippen LogP contribution in [0.25, 0.3) is 0 Å². The summed E-state index contributed by atoms with van der Waals surface area (Å²) in [5.74, 6) is 4.05. The minimum absolute atomic E-state index is 0.833. The van der Waals surface area contributed by atoms with Crippen LogP contribution in [-0.4, -0.2) is 11.1 Å². The van der Waals surface area contributed by atoms with E-state index >= 15 is 0 Å². The Bertz CT molecular complexity index is 448. The maximum Gasteiger partial charge on any atom is 0.300 e. The number of aliphatic carboxylic acids is 1. The van der Waals surface area contributed by atoms with Crippen molar-refractivity contribution in [3.05, 3.63) is 34.6 Å². The number of carboxylic acids is 1. The molecule has 0 bridgehead atoms. The Balaban J connectivity index is 0.000000510. The molecule has 0 heterocycles. The van der Waals surface area contributed by atoms with Gasteiger partial charge < -0.3 is 5.11 Å². The highest BCUT2D eigenvalue weighted by molar-refractivity contribution is 5.62. The third-order valence-electron chi connectivity index (χ3n) is 10.7. The first-order valence-corrected chi connectivity index (χ1v) is 19.6. The molecule has 0 spiro atoms. The van der Waals surface area contributed by atoms with E-state index in [4.69, 9.17) is 9.90 Å². The Labute approximate surface area is 279 Å². The molecule has 5 fully saturated rings. The molecule has 5 aliphatic rings. The fourth-order valence-corrected chi connectivity index (χ4v) is 7.38. The van der Waals surface area contributed by atoms with Gasteiger partial charge in [0.15, 0.2) is 0 Å². The molecule has 0 saturated heterocycles. The van der Waals surface area contributed by atoms with E-state index in [0.717, 1.165) is 36.5 Å². The summed E-state index contributed by atoms with van der Waals surface area (Å²) in [5, 5.41) is 7.42. The zero-order chi connectivity index (χ0) is 32.7. The SMILES string of the molecule is CC(=O)O.[CH2]CC1CCCCC1.[CH2]CC1CCCCC1.[CH2]CC1CCCCC1.[CH2]CC1CCCCC1.[CH2]CC1CCCCC1. The highest BCUT2D eigenvalue weighted by Crippen LogP contribution is 2.28. The molecule has 0 amide bonds. The number of hydrogen-bond acceptors (Lipinski definition) is 1. The predicted octanol–water partition coefficient (Wildman–Crippen LogP) is 14.0.